The van der Waals surface area contributed by atoms with Crippen molar-refractivity contribution in [3.8, 4) is 0 Å². The Hall–Kier alpha value is -0.0800. The summed E-state index contributed by atoms with van der Waals surface area (Å²) in [5, 5.41) is 7.74. The highest BCUT2D eigenvalue weighted by Crippen LogP contribution is 2.40. The highest BCUT2D eigenvalue weighted by Gasteiger charge is 2.39. The molecule has 3 rings (SSSR count). The van der Waals surface area contributed by atoms with Gasteiger partial charge in [-0.25, -0.2) is 0 Å². The molecule has 1 spiro atoms. The van der Waals surface area contributed by atoms with E-state index in [2.05, 4.69) is 24.5 Å². The van der Waals surface area contributed by atoms with Crippen LogP contribution in [-0.2, 0) is 0 Å². The fourth-order valence-electron chi connectivity index (χ4n) is 4.47. The predicted molar refractivity (Wildman–Crippen MR) is 81.0 cm³/mol. The van der Waals surface area contributed by atoms with E-state index in [0.29, 0.717) is 11.6 Å². The van der Waals surface area contributed by atoms with Crippen LogP contribution >= 0.6 is 0 Å². The molecule has 0 atom stereocenters. The summed E-state index contributed by atoms with van der Waals surface area (Å²) in [4.78, 5) is 0. The molecule has 1 aliphatic heterocycles. The van der Waals surface area contributed by atoms with Crippen LogP contribution in [-0.4, -0.2) is 19.3 Å². The molecular formula is C17H32N2. The molecule has 2 N–H and O–H groups in total. The minimum Gasteiger partial charge on any atom is -0.301 e. The van der Waals surface area contributed by atoms with E-state index in [1.165, 1.54) is 64.5 Å². The van der Waals surface area contributed by atoms with E-state index in [1.54, 1.807) is 0 Å². The zero-order valence-corrected chi connectivity index (χ0v) is 12.9. The van der Waals surface area contributed by atoms with Gasteiger partial charge in [0.15, 0.2) is 0 Å². The van der Waals surface area contributed by atoms with E-state index in [4.69, 9.17) is 0 Å². The lowest BCUT2D eigenvalue weighted by molar-refractivity contribution is 0.0758. The van der Waals surface area contributed by atoms with Gasteiger partial charge >= 0.3 is 0 Å². The van der Waals surface area contributed by atoms with Gasteiger partial charge in [0.05, 0.1) is 6.17 Å². The van der Waals surface area contributed by atoms with Crippen molar-refractivity contribution < 1.29 is 0 Å². The van der Waals surface area contributed by atoms with Crippen LogP contribution in [0.15, 0.2) is 0 Å². The van der Waals surface area contributed by atoms with E-state index in [1.807, 2.05) is 0 Å². The molecule has 110 valence electrons. The third-order valence-corrected chi connectivity index (χ3v) is 6.26. The normalized spacial score (nSPS) is 48.3. The van der Waals surface area contributed by atoms with Gasteiger partial charge < -0.3 is 10.6 Å². The van der Waals surface area contributed by atoms with Gasteiger partial charge in [0.1, 0.15) is 0 Å². The molecule has 0 unspecified atom stereocenters. The van der Waals surface area contributed by atoms with Crippen LogP contribution in [0.1, 0.15) is 65.2 Å². The molecular weight excluding hydrogens is 232 g/mol. The lowest BCUT2D eigenvalue weighted by atomic mass is 9.69. The lowest BCUT2D eigenvalue weighted by Crippen LogP contribution is -2.61. The first-order chi connectivity index (χ1) is 9.17. The van der Waals surface area contributed by atoms with E-state index in [-0.39, 0.29) is 0 Å². The standard InChI is InChI=1S/C17H32N2/c1-13-3-5-15(6-4-13)16-18-11-17(12-19-16)9-7-14(2)8-10-17/h13-16,18-19H,3-12H2,1-2H3. The number of rotatable bonds is 1. The van der Waals surface area contributed by atoms with Gasteiger partial charge in [-0.05, 0) is 48.9 Å². The Labute approximate surface area is 119 Å². The molecule has 0 radical (unpaired) electrons. The lowest BCUT2D eigenvalue weighted by Gasteiger charge is -2.47. The van der Waals surface area contributed by atoms with Gasteiger partial charge in [-0.1, -0.05) is 39.5 Å². The molecule has 2 aliphatic carbocycles. The maximum absolute atomic E-state index is 3.87. The summed E-state index contributed by atoms with van der Waals surface area (Å²) in [6, 6.07) is 0. The van der Waals surface area contributed by atoms with Crippen molar-refractivity contribution in [2.24, 2.45) is 23.2 Å². The van der Waals surface area contributed by atoms with Gasteiger partial charge in [-0.3, -0.25) is 0 Å². The number of hydrogen-bond donors (Lipinski definition) is 2. The first kappa shape index (κ1) is 13.9. The second-order valence-electron chi connectivity index (χ2n) is 7.94. The van der Waals surface area contributed by atoms with Crippen LogP contribution in [0.4, 0.5) is 0 Å². The zero-order chi connectivity index (χ0) is 13.3. The Morgan fingerprint density at radius 2 is 1.26 bits per heavy atom. The largest absolute Gasteiger partial charge is 0.301 e. The maximum atomic E-state index is 3.87. The molecule has 2 saturated carbocycles. The molecule has 0 amide bonds. The molecule has 2 nitrogen and oxygen atoms in total. The van der Waals surface area contributed by atoms with E-state index in [9.17, 15) is 0 Å². The topological polar surface area (TPSA) is 24.1 Å². The molecule has 3 fully saturated rings. The summed E-state index contributed by atoms with van der Waals surface area (Å²) in [5.74, 6) is 2.81. The highest BCUT2D eigenvalue weighted by atomic mass is 15.2. The molecule has 0 bridgehead atoms. The Balaban J connectivity index is 1.49. The zero-order valence-electron chi connectivity index (χ0n) is 12.9. The Kier molecular flexibility index (Phi) is 4.19. The van der Waals surface area contributed by atoms with Crippen LogP contribution in [0.2, 0.25) is 0 Å². The summed E-state index contributed by atoms with van der Waals surface area (Å²) in [7, 11) is 0. The fraction of sp³-hybridized carbons (Fsp3) is 1.00. The molecule has 1 saturated heterocycles. The second kappa shape index (κ2) is 5.73. The quantitative estimate of drug-likeness (QED) is 0.757. The van der Waals surface area contributed by atoms with Crippen molar-refractivity contribution in [2.45, 2.75) is 71.4 Å². The van der Waals surface area contributed by atoms with Crippen molar-refractivity contribution in [2.75, 3.05) is 13.1 Å². The van der Waals surface area contributed by atoms with Gasteiger partial charge in [-0.2, -0.15) is 0 Å². The first-order valence-electron chi connectivity index (χ1n) is 8.64. The minimum absolute atomic E-state index is 0.588. The van der Waals surface area contributed by atoms with E-state index >= 15 is 0 Å². The summed E-state index contributed by atoms with van der Waals surface area (Å²) in [6.07, 6.45) is 12.1. The third kappa shape index (κ3) is 3.16. The SMILES string of the molecule is CC1CCC(C2NCC3(CCC(C)CC3)CN2)CC1. The molecule has 1 heterocycles. The van der Waals surface area contributed by atoms with Crippen LogP contribution in [0.3, 0.4) is 0 Å². The van der Waals surface area contributed by atoms with Gasteiger partial charge in [-0.15, -0.1) is 0 Å². The van der Waals surface area contributed by atoms with Gasteiger partial charge in [0, 0.05) is 13.1 Å². The summed E-state index contributed by atoms with van der Waals surface area (Å²) in [6.45, 7) is 7.37. The van der Waals surface area contributed by atoms with Crippen LogP contribution in [0.25, 0.3) is 0 Å². The monoisotopic (exact) mass is 264 g/mol. The smallest absolute Gasteiger partial charge is 0.0601 e. The van der Waals surface area contributed by atoms with E-state index < -0.39 is 0 Å². The average molecular weight is 264 g/mol. The van der Waals surface area contributed by atoms with Crippen molar-refractivity contribution >= 4 is 0 Å². The molecule has 19 heavy (non-hydrogen) atoms. The predicted octanol–water partition coefficient (Wildman–Crippen LogP) is 3.53. The molecule has 0 aromatic heterocycles. The summed E-state index contributed by atoms with van der Waals surface area (Å²) >= 11 is 0. The molecule has 0 aromatic rings. The molecule has 0 aromatic carbocycles. The summed E-state index contributed by atoms with van der Waals surface area (Å²) < 4.78 is 0. The van der Waals surface area contributed by atoms with E-state index in [0.717, 1.165) is 17.8 Å². The maximum Gasteiger partial charge on any atom is 0.0601 e. The minimum atomic E-state index is 0.588. The third-order valence-electron chi connectivity index (χ3n) is 6.26. The average Bonchev–Trinajstić information content (AvgIpc) is 2.44. The highest BCUT2D eigenvalue weighted by molar-refractivity contribution is 4.95. The summed E-state index contributed by atoms with van der Waals surface area (Å²) in [5.41, 5.74) is 0.588. The number of hydrogen-bond acceptors (Lipinski definition) is 2. The van der Waals surface area contributed by atoms with Crippen LogP contribution < -0.4 is 10.6 Å². The van der Waals surface area contributed by atoms with Crippen molar-refractivity contribution in [1.82, 2.24) is 10.6 Å². The molecule has 3 aliphatic rings. The molecule has 2 heteroatoms. The first-order valence-corrected chi connectivity index (χ1v) is 8.64. The van der Waals surface area contributed by atoms with Crippen LogP contribution in [0.5, 0.6) is 0 Å². The fourth-order valence-corrected chi connectivity index (χ4v) is 4.47. The Morgan fingerprint density at radius 1 is 0.737 bits per heavy atom. The Bertz CT molecular complexity index is 276. The van der Waals surface area contributed by atoms with Crippen LogP contribution in [0, 0.1) is 23.2 Å². The second-order valence-corrected chi connectivity index (χ2v) is 7.94. The van der Waals surface area contributed by atoms with Gasteiger partial charge in [0.2, 0.25) is 0 Å². The Morgan fingerprint density at radius 3 is 1.84 bits per heavy atom. The van der Waals surface area contributed by atoms with Crippen molar-refractivity contribution in [3.63, 3.8) is 0 Å². The number of nitrogens with one attached hydrogen (secondary N) is 2. The van der Waals surface area contributed by atoms with Gasteiger partial charge in [0.25, 0.3) is 0 Å². The van der Waals surface area contributed by atoms with Crippen molar-refractivity contribution in [3.05, 3.63) is 0 Å². The van der Waals surface area contributed by atoms with Crippen molar-refractivity contribution in [1.29, 1.82) is 0 Å².